The fraction of sp³-hybridized carbons (Fsp3) is 0.381. The molecule has 0 radical (unpaired) electrons. The lowest BCUT2D eigenvalue weighted by atomic mass is 10.1. The van der Waals surface area contributed by atoms with Gasteiger partial charge in [-0.25, -0.2) is 4.39 Å². The number of benzene rings is 2. The molecule has 0 aromatic heterocycles. The third-order valence-corrected chi connectivity index (χ3v) is 4.15. The minimum atomic E-state index is -0.230. The topological polar surface area (TPSA) is 41.6 Å². The number of carbonyl (C=O) groups excluding carboxylic acids is 1. The monoisotopic (exact) mass is 358 g/mol. The van der Waals surface area contributed by atoms with E-state index in [9.17, 15) is 9.18 Å². The van der Waals surface area contributed by atoms with Gasteiger partial charge >= 0.3 is 0 Å². The Morgan fingerprint density at radius 1 is 1.15 bits per heavy atom. The molecule has 5 heteroatoms. The van der Waals surface area contributed by atoms with Gasteiger partial charge in [-0.05, 0) is 43.5 Å². The van der Waals surface area contributed by atoms with E-state index in [0.717, 1.165) is 17.7 Å². The van der Waals surface area contributed by atoms with Gasteiger partial charge in [-0.1, -0.05) is 30.3 Å². The van der Waals surface area contributed by atoms with E-state index in [0.29, 0.717) is 38.2 Å². The summed E-state index contributed by atoms with van der Waals surface area (Å²) in [6.07, 6.45) is 1.83. The van der Waals surface area contributed by atoms with Gasteiger partial charge in [0.25, 0.3) is 0 Å². The number of amides is 1. The van der Waals surface area contributed by atoms with E-state index < -0.39 is 0 Å². The largest absolute Gasteiger partial charge is 0.494 e. The van der Waals surface area contributed by atoms with E-state index in [2.05, 4.69) is 5.32 Å². The predicted molar refractivity (Wildman–Crippen MR) is 103 cm³/mol. The Kier molecular flexibility index (Phi) is 7.93. The van der Waals surface area contributed by atoms with Crippen LogP contribution in [0.5, 0.6) is 5.75 Å². The maximum atomic E-state index is 13.7. The normalized spacial score (nSPS) is 10.4. The minimum Gasteiger partial charge on any atom is -0.494 e. The predicted octanol–water partition coefficient (Wildman–Crippen LogP) is 3.80. The van der Waals surface area contributed by atoms with Crippen LogP contribution in [-0.4, -0.2) is 32.7 Å². The highest BCUT2D eigenvalue weighted by atomic mass is 19.1. The van der Waals surface area contributed by atoms with E-state index in [1.165, 1.54) is 6.07 Å². The molecule has 1 amide bonds. The number of hydrogen-bond acceptors (Lipinski definition) is 3. The molecule has 0 unspecified atom stereocenters. The highest BCUT2D eigenvalue weighted by molar-refractivity contribution is 5.76. The lowest BCUT2D eigenvalue weighted by Gasteiger charge is -2.19. The number of aryl methyl sites for hydroxylation is 1. The Morgan fingerprint density at radius 2 is 1.88 bits per heavy atom. The van der Waals surface area contributed by atoms with E-state index in [4.69, 9.17) is 4.74 Å². The first-order valence-corrected chi connectivity index (χ1v) is 9.05. The van der Waals surface area contributed by atoms with Crippen LogP contribution in [0.1, 0.15) is 25.3 Å². The van der Waals surface area contributed by atoms with Gasteiger partial charge in [0.1, 0.15) is 11.6 Å². The number of anilines is 1. The number of halogens is 1. The molecule has 4 nitrogen and oxygen atoms in total. The van der Waals surface area contributed by atoms with Crippen molar-refractivity contribution in [3.8, 4) is 5.75 Å². The molecule has 0 heterocycles. The van der Waals surface area contributed by atoms with E-state index >= 15 is 0 Å². The summed E-state index contributed by atoms with van der Waals surface area (Å²) in [4.78, 5) is 13.9. The third-order valence-electron chi connectivity index (χ3n) is 4.15. The fourth-order valence-corrected chi connectivity index (χ4v) is 2.77. The van der Waals surface area contributed by atoms with Crippen molar-refractivity contribution in [2.45, 2.75) is 26.2 Å². The molecule has 0 aliphatic carbocycles. The van der Waals surface area contributed by atoms with Crippen LogP contribution in [0.15, 0.2) is 48.5 Å². The highest BCUT2D eigenvalue weighted by Crippen LogP contribution is 2.19. The standard InChI is InChI=1S/C21H27FN2O2/c1-3-26-20-12-7-4-9-17(20)13-14-21(25)23-15-8-16-24(2)19-11-6-5-10-18(19)22/h4-7,9-12H,3,8,13-16H2,1-2H3,(H,23,25). The maximum Gasteiger partial charge on any atom is 0.220 e. The number of carbonyl (C=O) groups is 1. The van der Waals surface area contributed by atoms with Crippen LogP contribution in [0.4, 0.5) is 10.1 Å². The van der Waals surface area contributed by atoms with Gasteiger partial charge in [-0.15, -0.1) is 0 Å². The zero-order valence-corrected chi connectivity index (χ0v) is 15.5. The molecular weight excluding hydrogens is 331 g/mol. The van der Waals surface area contributed by atoms with Crippen LogP contribution in [-0.2, 0) is 11.2 Å². The zero-order chi connectivity index (χ0) is 18.8. The van der Waals surface area contributed by atoms with Crippen LogP contribution in [0.25, 0.3) is 0 Å². The zero-order valence-electron chi connectivity index (χ0n) is 15.5. The van der Waals surface area contributed by atoms with Crippen LogP contribution in [0.3, 0.4) is 0 Å². The van der Waals surface area contributed by atoms with Gasteiger partial charge in [0.2, 0.25) is 5.91 Å². The van der Waals surface area contributed by atoms with Crippen molar-refractivity contribution in [2.24, 2.45) is 0 Å². The molecule has 1 N–H and O–H groups in total. The van der Waals surface area contributed by atoms with Crippen LogP contribution in [0.2, 0.25) is 0 Å². The lowest BCUT2D eigenvalue weighted by molar-refractivity contribution is -0.121. The molecule has 0 atom stereocenters. The molecule has 0 aliphatic heterocycles. The summed E-state index contributed by atoms with van der Waals surface area (Å²) in [6, 6.07) is 14.5. The second kappa shape index (κ2) is 10.4. The van der Waals surface area contributed by atoms with Gasteiger partial charge in [0, 0.05) is 26.6 Å². The number of hydrogen-bond donors (Lipinski definition) is 1. The SMILES string of the molecule is CCOc1ccccc1CCC(=O)NCCCN(C)c1ccccc1F. The first-order valence-electron chi connectivity index (χ1n) is 9.05. The van der Waals surface area contributed by atoms with Crippen molar-refractivity contribution >= 4 is 11.6 Å². The van der Waals surface area contributed by atoms with E-state index in [1.807, 2.05) is 49.2 Å². The minimum absolute atomic E-state index is 0.0184. The smallest absolute Gasteiger partial charge is 0.220 e. The van der Waals surface area contributed by atoms with Crippen molar-refractivity contribution in [1.82, 2.24) is 5.32 Å². The van der Waals surface area contributed by atoms with E-state index in [1.54, 1.807) is 12.1 Å². The molecule has 0 fully saturated rings. The Bertz CT molecular complexity index is 706. The second-order valence-electron chi connectivity index (χ2n) is 6.12. The Labute approximate surface area is 155 Å². The van der Waals surface area contributed by atoms with Crippen molar-refractivity contribution < 1.29 is 13.9 Å². The fourth-order valence-electron chi connectivity index (χ4n) is 2.77. The summed E-state index contributed by atoms with van der Waals surface area (Å²) >= 11 is 0. The first kappa shape index (κ1) is 19.8. The molecule has 26 heavy (non-hydrogen) atoms. The maximum absolute atomic E-state index is 13.7. The summed E-state index contributed by atoms with van der Waals surface area (Å²) in [5.74, 6) is 0.631. The Balaban J connectivity index is 1.69. The van der Waals surface area contributed by atoms with Crippen LogP contribution < -0.4 is 15.0 Å². The molecule has 0 bridgehead atoms. The van der Waals surface area contributed by atoms with Gasteiger partial charge in [0.15, 0.2) is 0 Å². The molecule has 0 aliphatic rings. The highest BCUT2D eigenvalue weighted by Gasteiger charge is 2.08. The first-order chi connectivity index (χ1) is 12.6. The lowest BCUT2D eigenvalue weighted by Crippen LogP contribution is -2.28. The average molecular weight is 358 g/mol. The molecule has 2 aromatic carbocycles. The molecular formula is C21H27FN2O2. The summed E-state index contributed by atoms with van der Waals surface area (Å²) in [5, 5.41) is 2.93. The quantitative estimate of drug-likeness (QED) is 0.657. The van der Waals surface area contributed by atoms with Gasteiger partial charge in [-0.2, -0.15) is 0 Å². The molecule has 2 aromatic rings. The third kappa shape index (κ3) is 6.06. The van der Waals surface area contributed by atoms with Crippen molar-refractivity contribution in [3.63, 3.8) is 0 Å². The summed E-state index contributed by atoms with van der Waals surface area (Å²) < 4.78 is 19.3. The van der Waals surface area contributed by atoms with Crippen LogP contribution >= 0.6 is 0 Å². The van der Waals surface area contributed by atoms with Gasteiger partial charge in [0.05, 0.1) is 12.3 Å². The summed E-state index contributed by atoms with van der Waals surface area (Å²) in [5.41, 5.74) is 1.62. The van der Waals surface area contributed by atoms with Crippen molar-refractivity contribution in [3.05, 3.63) is 59.9 Å². The number of rotatable bonds is 10. The van der Waals surface area contributed by atoms with E-state index in [-0.39, 0.29) is 11.7 Å². The number of ether oxygens (including phenoxy) is 1. The Hall–Kier alpha value is -2.56. The Morgan fingerprint density at radius 3 is 2.65 bits per heavy atom. The van der Waals surface area contributed by atoms with Crippen LogP contribution in [0, 0.1) is 5.82 Å². The van der Waals surface area contributed by atoms with Crippen molar-refractivity contribution in [2.75, 3.05) is 31.6 Å². The molecule has 0 saturated carbocycles. The second-order valence-corrected chi connectivity index (χ2v) is 6.12. The molecule has 2 rings (SSSR count). The summed E-state index contributed by atoms with van der Waals surface area (Å²) in [7, 11) is 1.85. The molecule has 0 spiro atoms. The summed E-state index contributed by atoms with van der Waals surface area (Å²) in [6.45, 7) is 3.81. The number of para-hydroxylation sites is 2. The molecule has 140 valence electrons. The average Bonchev–Trinajstić information content (AvgIpc) is 2.65. The van der Waals surface area contributed by atoms with Gasteiger partial charge in [-0.3, -0.25) is 4.79 Å². The van der Waals surface area contributed by atoms with Gasteiger partial charge < -0.3 is 15.0 Å². The molecule has 0 saturated heterocycles. The number of nitrogens with one attached hydrogen (secondary N) is 1. The number of nitrogens with zero attached hydrogens (tertiary/aromatic N) is 1. The van der Waals surface area contributed by atoms with Crippen molar-refractivity contribution in [1.29, 1.82) is 0 Å².